The molecule has 1 aliphatic carbocycles. The van der Waals surface area contributed by atoms with E-state index >= 15 is 0 Å². The van der Waals surface area contributed by atoms with Gasteiger partial charge in [0.15, 0.2) is 5.58 Å². The van der Waals surface area contributed by atoms with Gasteiger partial charge >= 0.3 is 0 Å². The quantitative estimate of drug-likeness (QED) is 0.184. The molecule has 0 amide bonds. The summed E-state index contributed by atoms with van der Waals surface area (Å²) in [7, 11) is 0. The lowest BCUT2D eigenvalue weighted by molar-refractivity contribution is 0.668. The van der Waals surface area contributed by atoms with Crippen molar-refractivity contribution in [1.29, 1.82) is 0 Å². The molecule has 0 fully saturated rings. The number of furan rings is 1. The van der Waals surface area contributed by atoms with Crippen LogP contribution in [-0.2, 0) is 0 Å². The van der Waals surface area contributed by atoms with Gasteiger partial charge in [-0.2, -0.15) is 0 Å². The van der Waals surface area contributed by atoms with Gasteiger partial charge in [0.25, 0.3) is 0 Å². The van der Waals surface area contributed by atoms with Gasteiger partial charge in [-0.1, -0.05) is 84.9 Å². The summed E-state index contributed by atoms with van der Waals surface area (Å²) in [6, 6.07) is 55.3. The number of hydrogen-bond donors (Lipinski definition) is 0. The van der Waals surface area contributed by atoms with Gasteiger partial charge in [0.1, 0.15) is 11.1 Å². The minimum absolute atomic E-state index is 0.205. The number of allylic oxidation sites excluding steroid dienone is 2. The number of fused-ring (bicyclic) bond motifs is 14. The SMILES string of the molecule is C1=C2\C/C(=C3/c4ccccc4N(c4ccccc4)C3CC/1)N(c1ccccc1)c1c2ccc2c1c1ccccc1n2-c1ccc2oc3cccnc3c2c1. The van der Waals surface area contributed by atoms with E-state index in [0.29, 0.717) is 0 Å². The number of hydrogen-bond acceptors (Lipinski definition) is 4. The van der Waals surface area contributed by atoms with E-state index in [9.17, 15) is 0 Å². The maximum atomic E-state index is 6.20. The summed E-state index contributed by atoms with van der Waals surface area (Å²) in [5.41, 5.74) is 17.8. The van der Waals surface area contributed by atoms with Crippen LogP contribution in [0.1, 0.15) is 30.4 Å². The van der Waals surface area contributed by atoms with Gasteiger partial charge in [-0.25, -0.2) is 0 Å². The predicted octanol–water partition coefficient (Wildman–Crippen LogP) is 12.7. The summed E-state index contributed by atoms with van der Waals surface area (Å²) < 4.78 is 8.63. The Kier molecular flexibility index (Phi) is 6.23. The predicted molar refractivity (Wildman–Crippen MR) is 222 cm³/mol. The van der Waals surface area contributed by atoms with Crippen LogP contribution in [0.4, 0.5) is 22.7 Å². The van der Waals surface area contributed by atoms with Crippen molar-refractivity contribution in [3.8, 4) is 5.69 Å². The molecule has 2 bridgehead atoms. The first-order valence-corrected chi connectivity index (χ1v) is 18.9. The molecular weight excluding hydrogens is 661 g/mol. The van der Waals surface area contributed by atoms with E-state index in [1.54, 1.807) is 0 Å². The smallest absolute Gasteiger partial charge is 0.153 e. The molecule has 5 heterocycles. The van der Waals surface area contributed by atoms with Crippen LogP contribution >= 0.6 is 0 Å². The Hall–Kier alpha value is -6.85. The number of benzene rings is 6. The van der Waals surface area contributed by atoms with Crippen LogP contribution in [0.5, 0.6) is 0 Å². The van der Waals surface area contributed by atoms with Gasteiger partial charge in [0.05, 0.1) is 22.8 Å². The highest BCUT2D eigenvalue weighted by Gasteiger charge is 2.41. The van der Waals surface area contributed by atoms with Gasteiger partial charge in [-0.15, -0.1) is 0 Å². The van der Waals surface area contributed by atoms with Crippen LogP contribution in [0.3, 0.4) is 0 Å². The average Bonchev–Trinajstić information content (AvgIpc) is 3.87. The second kappa shape index (κ2) is 11.3. The lowest BCUT2D eigenvalue weighted by atomic mass is 9.83. The average molecular weight is 695 g/mol. The second-order valence-electron chi connectivity index (χ2n) is 14.6. The summed E-state index contributed by atoms with van der Waals surface area (Å²) >= 11 is 0. The normalized spacial score (nSPS) is 18.7. The third-order valence-electron chi connectivity index (χ3n) is 11.8. The molecule has 6 aromatic carbocycles. The van der Waals surface area contributed by atoms with E-state index in [-0.39, 0.29) is 6.04 Å². The zero-order valence-corrected chi connectivity index (χ0v) is 29.5. The summed E-state index contributed by atoms with van der Waals surface area (Å²) in [4.78, 5) is 9.91. The monoisotopic (exact) mass is 694 g/mol. The first kappa shape index (κ1) is 29.7. The van der Waals surface area contributed by atoms with Gasteiger partial charge in [0.2, 0.25) is 0 Å². The van der Waals surface area contributed by atoms with Crippen molar-refractivity contribution in [2.24, 2.45) is 0 Å². The Morgan fingerprint density at radius 1 is 0.611 bits per heavy atom. The van der Waals surface area contributed by atoms with Gasteiger partial charge in [-0.3, -0.25) is 4.98 Å². The van der Waals surface area contributed by atoms with E-state index in [1.165, 1.54) is 72.5 Å². The number of anilines is 4. The Morgan fingerprint density at radius 2 is 1.41 bits per heavy atom. The fraction of sp³-hybridized carbons (Fsp3) is 0.0816. The third-order valence-corrected chi connectivity index (χ3v) is 11.8. The number of aromatic nitrogens is 2. The molecule has 0 radical (unpaired) electrons. The topological polar surface area (TPSA) is 37.4 Å². The fourth-order valence-electron chi connectivity index (χ4n) is 9.62. The molecule has 3 aromatic heterocycles. The molecule has 256 valence electrons. The number of pyridine rings is 1. The van der Waals surface area contributed by atoms with Gasteiger partial charge < -0.3 is 18.8 Å². The molecule has 0 N–H and O–H groups in total. The highest BCUT2D eigenvalue weighted by Crippen LogP contribution is 2.56. The molecule has 3 aliphatic rings. The largest absolute Gasteiger partial charge is 0.454 e. The van der Waals surface area contributed by atoms with Crippen LogP contribution in [0.2, 0.25) is 0 Å². The second-order valence-corrected chi connectivity index (χ2v) is 14.6. The zero-order chi connectivity index (χ0) is 35.3. The van der Waals surface area contributed by atoms with Crippen molar-refractivity contribution in [1.82, 2.24) is 9.55 Å². The number of rotatable bonds is 3. The summed E-state index contributed by atoms with van der Waals surface area (Å²) in [6.07, 6.45) is 7.27. The highest BCUT2D eigenvalue weighted by molar-refractivity contribution is 6.19. The van der Waals surface area contributed by atoms with E-state index in [1.807, 2.05) is 18.3 Å². The van der Waals surface area contributed by atoms with Crippen LogP contribution in [0, 0.1) is 0 Å². The standard InChI is InChI=1S/C49H34N4O/c1-3-14-32(15-4-1)51-39-20-9-7-18-36(39)46-41(51)22-11-13-31-29-43(46)53(33-16-5-2-6-17-33)49-35(31)25-26-42-47(49)37-19-8-10-21-40(37)52(42)34-24-27-44-38(30-34)48-45(54-44)23-12-28-50-48/h1-10,12-21,23-28,30,41H,11,22,29H2/b31-13+,46-43+. The molecule has 0 spiro atoms. The molecule has 1 atom stereocenters. The third kappa shape index (κ3) is 4.12. The van der Waals surface area contributed by atoms with E-state index < -0.39 is 0 Å². The van der Waals surface area contributed by atoms with Gasteiger partial charge in [-0.05, 0) is 91.2 Å². The van der Waals surface area contributed by atoms with Crippen LogP contribution in [-0.4, -0.2) is 15.6 Å². The molecule has 12 rings (SSSR count). The zero-order valence-electron chi connectivity index (χ0n) is 29.5. The lowest BCUT2D eigenvalue weighted by Crippen LogP contribution is -2.31. The highest BCUT2D eigenvalue weighted by atomic mass is 16.3. The Balaban J connectivity index is 1.18. The summed E-state index contributed by atoms with van der Waals surface area (Å²) in [5, 5.41) is 3.51. The molecule has 9 aromatic rings. The Labute approximate surface area is 312 Å². The maximum absolute atomic E-state index is 6.20. The fourth-order valence-corrected chi connectivity index (χ4v) is 9.62. The van der Waals surface area contributed by atoms with Crippen LogP contribution in [0.25, 0.3) is 60.7 Å². The molecule has 54 heavy (non-hydrogen) atoms. The molecule has 5 heteroatoms. The lowest BCUT2D eigenvalue weighted by Gasteiger charge is -2.40. The van der Waals surface area contributed by atoms with Crippen molar-refractivity contribution in [2.75, 3.05) is 9.80 Å². The molecular formula is C49H34N4O. The molecule has 5 nitrogen and oxygen atoms in total. The number of para-hydroxylation sites is 4. The van der Waals surface area contributed by atoms with Crippen LogP contribution in [0.15, 0.2) is 174 Å². The van der Waals surface area contributed by atoms with Crippen LogP contribution < -0.4 is 9.80 Å². The van der Waals surface area contributed by atoms with E-state index in [0.717, 1.165) is 47.0 Å². The minimum Gasteiger partial charge on any atom is -0.454 e. The van der Waals surface area contributed by atoms with E-state index in [4.69, 9.17) is 9.40 Å². The Bertz CT molecular complexity index is 3040. The minimum atomic E-state index is 0.205. The molecule has 2 aliphatic heterocycles. The number of nitrogens with zero attached hydrogens (tertiary/aromatic N) is 4. The van der Waals surface area contributed by atoms with E-state index in [2.05, 4.69) is 160 Å². The summed E-state index contributed by atoms with van der Waals surface area (Å²) in [5.74, 6) is 0. The molecule has 0 saturated carbocycles. The molecule has 0 saturated heterocycles. The first-order chi connectivity index (χ1) is 26.8. The molecule has 1 unspecified atom stereocenters. The van der Waals surface area contributed by atoms with Crippen molar-refractivity contribution in [3.05, 3.63) is 181 Å². The first-order valence-electron chi connectivity index (χ1n) is 18.9. The van der Waals surface area contributed by atoms with Gasteiger partial charge in [0, 0.05) is 73.9 Å². The van der Waals surface area contributed by atoms with Crippen molar-refractivity contribution < 1.29 is 4.42 Å². The van der Waals surface area contributed by atoms with Crippen molar-refractivity contribution >= 4 is 77.8 Å². The maximum Gasteiger partial charge on any atom is 0.153 e. The summed E-state index contributed by atoms with van der Waals surface area (Å²) in [6.45, 7) is 0. The Morgan fingerprint density at radius 3 is 2.30 bits per heavy atom. The van der Waals surface area contributed by atoms with Crippen molar-refractivity contribution in [2.45, 2.75) is 25.3 Å². The van der Waals surface area contributed by atoms with Crippen molar-refractivity contribution in [3.63, 3.8) is 0 Å².